The number of imidazole rings is 1. The summed E-state index contributed by atoms with van der Waals surface area (Å²) in [6, 6.07) is 17.9. The lowest BCUT2D eigenvalue weighted by molar-refractivity contribution is -0.116. The molecule has 164 valence electrons. The highest BCUT2D eigenvalue weighted by Crippen LogP contribution is 2.26. The van der Waals surface area contributed by atoms with Crippen molar-refractivity contribution in [3.8, 4) is 11.5 Å². The van der Waals surface area contributed by atoms with Crippen molar-refractivity contribution >= 4 is 40.3 Å². The molecule has 0 aliphatic heterocycles. The Labute approximate surface area is 190 Å². The monoisotopic (exact) mass is 450 g/mol. The molecule has 0 aliphatic carbocycles. The molecule has 8 heteroatoms. The van der Waals surface area contributed by atoms with Gasteiger partial charge in [-0.05, 0) is 69.3 Å². The molecule has 2 aromatic heterocycles. The van der Waals surface area contributed by atoms with E-state index < -0.39 is 11.7 Å². The molecule has 0 fully saturated rings. The number of nitrogens with one attached hydrogen (secondary N) is 1. The van der Waals surface area contributed by atoms with E-state index in [1.165, 1.54) is 4.57 Å². The maximum atomic E-state index is 12.8. The predicted molar refractivity (Wildman–Crippen MR) is 125 cm³/mol. The number of para-hydroxylation sites is 2. The van der Waals surface area contributed by atoms with Crippen LogP contribution in [-0.2, 0) is 16.1 Å². The van der Waals surface area contributed by atoms with Gasteiger partial charge >= 0.3 is 6.09 Å². The SMILES string of the molecule is CC(C)(C)OC(=O)n1cccc1-c1nc2ccccc2n1CC(=O)Nc1ccc(Cl)cc1. The summed E-state index contributed by atoms with van der Waals surface area (Å²) in [5.74, 6) is 0.264. The Bertz CT molecular complexity index is 1280. The van der Waals surface area contributed by atoms with Gasteiger partial charge in [-0.15, -0.1) is 0 Å². The number of hydrogen-bond acceptors (Lipinski definition) is 4. The van der Waals surface area contributed by atoms with Crippen LogP contribution < -0.4 is 5.32 Å². The second-order valence-corrected chi connectivity index (χ2v) is 8.75. The molecule has 4 rings (SSSR count). The predicted octanol–water partition coefficient (Wildman–Crippen LogP) is 5.58. The highest BCUT2D eigenvalue weighted by molar-refractivity contribution is 6.30. The average molecular weight is 451 g/mol. The number of carbonyl (C=O) groups is 2. The van der Waals surface area contributed by atoms with Crippen molar-refractivity contribution in [2.45, 2.75) is 32.9 Å². The molecule has 0 radical (unpaired) electrons. The van der Waals surface area contributed by atoms with E-state index in [9.17, 15) is 9.59 Å². The van der Waals surface area contributed by atoms with Crippen molar-refractivity contribution in [1.29, 1.82) is 0 Å². The minimum Gasteiger partial charge on any atom is -0.443 e. The van der Waals surface area contributed by atoms with Gasteiger partial charge in [0.2, 0.25) is 5.91 Å². The molecular weight excluding hydrogens is 428 g/mol. The molecule has 32 heavy (non-hydrogen) atoms. The number of aromatic nitrogens is 3. The number of hydrogen-bond donors (Lipinski definition) is 1. The van der Waals surface area contributed by atoms with Crippen LogP contribution in [0.25, 0.3) is 22.6 Å². The summed E-state index contributed by atoms with van der Waals surface area (Å²) in [6.45, 7) is 5.44. The van der Waals surface area contributed by atoms with Gasteiger partial charge in [-0.2, -0.15) is 0 Å². The van der Waals surface area contributed by atoms with Gasteiger partial charge in [-0.25, -0.2) is 14.3 Å². The zero-order chi connectivity index (χ0) is 22.9. The van der Waals surface area contributed by atoms with Crippen LogP contribution in [0.15, 0.2) is 66.9 Å². The van der Waals surface area contributed by atoms with Crippen LogP contribution in [0.1, 0.15) is 20.8 Å². The molecular formula is C24H23ClN4O3. The van der Waals surface area contributed by atoms with E-state index in [2.05, 4.69) is 5.32 Å². The summed E-state index contributed by atoms with van der Waals surface area (Å²) in [5.41, 5.74) is 2.04. The minimum atomic E-state index is -0.642. The standard InChI is InChI=1S/C24H23ClN4O3/c1-24(2,3)32-23(31)28-14-6-9-20(28)22-27-18-7-4-5-8-19(18)29(22)15-21(30)26-17-12-10-16(25)11-13-17/h4-14H,15H2,1-3H3,(H,26,30). The van der Waals surface area contributed by atoms with Crippen LogP contribution in [-0.4, -0.2) is 31.7 Å². The van der Waals surface area contributed by atoms with Crippen LogP contribution >= 0.6 is 11.6 Å². The van der Waals surface area contributed by atoms with Gasteiger partial charge in [-0.3, -0.25) is 4.79 Å². The minimum absolute atomic E-state index is 0.0119. The van der Waals surface area contributed by atoms with Gasteiger partial charge in [-0.1, -0.05) is 23.7 Å². The summed E-state index contributed by atoms with van der Waals surface area (Å²) in [4.78, 5) is 30.3. The number of carbonyl (C=O) groups excluding carboxylic acids is 2. The van der Waals surface area contributed by atoms with Gasteiger partial charge in [0.1, 0.15) is 12.1 Å². The van der Waals surface area contributed by atoms with E-state index in [-0.39, 0.29) is 12.5 Å². The van der Waals surface area contributed by atoms with E-state index in [1.54, 1.807) is 47.2 Å². The first-order chi connectivity index (χ1) is 15.2. The Morgan fingerprint density at radius 2 is 1.75 bits per heavy atom. The second-order valence-electron chi connectivity index (χ2n) is 8.31. The highest BCUT2D eigenvalue weighted by Gasteiger charge is 2.23. The van der Waals surface area contributed by atoms with Crippen molar-refractivity contribution < 1.29 is 14.3 Å². The van der Waals surface area contributed by atoms with E-state index in [0.717, 1.165) is 11.0 Å². The van der Waals surface area contributed by atoms with Crippen LogP contribution in [0.3, 0.4) is 0 Å². The fraction of sp³-hybridized carbons (Fsp3) is 0.208. The molecule has 4 aromatic rings. The Balaban J connectivity index is 1.70. The lowest BCUT2D eigenvalue weighted by Gasteiger charge is -2.20. The number of anilines is 1. The Morgan fingerprint density at radius 1 is 1.03 bits per heavy atom. The summed E-state index contributed by atoms with van der Waals surface area (Å²) in [7, 11) is 0. The number of ether oxygens (including phenoxy) is 1. The van der Waals surface area contributed by atoms with E-state index in [4.69, 9.17) is 21.3 Å². The lowest BCUT2D eigenvalue weighted by Crippen LogP contribution is -2.27. The molecule has 0 atom stereocenters. The van der Waals surface area contributed by atoms with Gasteiger partial charge in [0.15, 0.2) is 5.82 Å². The first kappa shape index (κ1) is 21.6. The Kier molecular flexibility index (Phi) is 5.76. The molecule has 1 amide bonds. The molecule has 0 saturated heterocycles. The second kappa shape index (κ2) is 8.51. The molecule has 0 bridgehead atoms. The van der Waals surface area contributed by atoms with Gasteiger partial charge < -0.3 is 14.6 Å². The fourth-order valence-corrected chi connectivity index (χ4v) is 3.47. The first-order valence-electron chi connectivity index (χ1n) is 10.1. The maximum absolute atomic E-state index is 12.8. The first-order valence-corrected chi connectivity index (χ1v) is 10.5. The van der Waals surface area contributed by atoms with Gasteiger partial charge in [0.25, 0.3) is 0 Å². The number of halogens is 1. The van der Waals surface area contributed by atoms with Gasteiger partial charge in [0, 0.05) is 16.9 Å². The van der Waals surface area contributed by atoms with Crippen molar-refractivity contribution in [2.75, 3.05) is 5.32 Å². The van der Waals surface area contributed by atoms with Crippen LogP contribution in [0.2, 0.25) is 5.02 Å². The van der Waals surface area contributed by atoms with E-state index in [1.807, 2.05) is 45.0 Å². The van der Waals surface area contributed by atoms with Crippen molar-refractivity contribution in [1.82, 2.24) is 14.1 Å². The smallest absolute Gasteiger partial charge is 0.419 e. The Morgan fingerprint density at radius 3 is 2.47 bits per heavy atom. The molecule has 7 nitrogen and oxygen atoms in total. The summed E-state index contributed by atoms with van der Waals surface area (Å²) >= 11 is 5.92. The van der Waals surface area contributed by atoms with Crippen LogP contribution in [0.5, 0.6) is 0 Å². The molecule has 1 N–H and O–H groups in total. The zero-order valence-corrected chi connectivity index (χ0v) is 18.8. The number of rotatable bonds is 4. The third-order valence-corrected chi connectivity index (χ3v) is 4.90. The van der Waals surface area contributed by atoms with E-state index >= 15 is 0 Å². The third kappa shape index (κ3) is 4.68. The number of nitrogens with zero attached hydrogens (tertiary/aromatic N) is 3. The number of fused-ring (bicyclic) bond motifs is 1. The fourth-order valence-electron chi connectivity index (χ4n) is 3.34. The van der Waals surface area contributed by atoms with Crippen molar-refractivity contribution in [3.05, 3.63) is 71.9 Å². The van der Waals surface area contributed by atoms with Crippen molar-refractivity contribution in [2.24, 2.45) is 0 Å². The topological polar surface area (TPSA) is 78.2 Å². The van der Waals surface area contributed by atoms with Crippen molar-refractivity contribution in [3.63, 3.8) is 0 Å². The summed E-state index contributed by atoms with van der Waals surface area (Å²) < 4.78 is 8.72. The number of benzene rings is 2. The highest BCUT2D eigenvalue weighted by atomic mass is 35.5. The molecule has 0 spiro atoms. The molecule has 2 aromatic carbocycles. The quantitative estimate of drug-likeness (QED) is 0.440. The average Bonchev–Trinajstić information content (AvgIpc) is 3.34. The Hall–Kier alpha value is -3.58. The normalized spacial score (nSPS) is 11.5. The summed E-state index contributed by atoms with van der Waals surface area (Å²) in [6.07, 6.45) is 1.11. The maximum Gasteiger partial charge on any atom is 0.419 e. The van der Waals surface area contributed by atoms with Crippen LogP contribution in [0, 0.1) is 0 Å². The third-order valence-electron chi connectivity index (χ3n) is 4.65. The van der Waals surface area contributed by atoms with Crippen LogP contribution in [0.4, 0.5) is 10.5 Å². The van der Waals surface area contributed by atoms with E-state index in [0.29, 0.717) is 22.2 Å². The van der Waals surface area contributed by atoms with Gasteiger partial charge in [0.05, 0.1) is 16.7 Å². The zero-order valence-electron chi connectivity index (χ0n) is 18.0. The molecule has 0 unspecified atom stereocenters. The lowest BCUT2D eigenvalue weighted by atomic mass is 10.2. The largest absolute Gasteiger partial charge is 0.443 e. The number of amides is 1. The molecule has 0 aliphatic rings. The molecule has 2 heterocycles. The summed E-state index contributed by atoms with van der Waals surface area (Å²) in [5, 5.41) is 3.46. The molecule has 0 saturated carbocycles.